The fraction of sp³-hybridized carbons (Fsp3) is 0.250. The van der Waals surface area contributed by atoms with Gasteiger partial charge < -0.3 is 10.1 Å². The van der Waals surface area contributed by atoms with Gasteiger partial charge in [0.05, 0.1) is 11.1 Å². The first kappa shape index (κ1) is 16.3. The number of ether oxygens (including phenoxy) is 1. The molecule has 0 saturated heterocycles. The van der Waals surface area contributed by atoms with Crippen LogP contribution in [0.1, 0.15) is 46.4 Å². The molecule has 26 heavy (non-hydrogen) atoms. The minimum atomic E-state index is -0.416. The van der Waals surface area contributed by atoms with Crippen LogP contribution in [0, 0.1) is 5.92 Å². The first-order valence-electron chi connectivity index (χ1n) is 8.69. The number of benzene rings is 2. The minimum absolute atomic E-state index is 0.0745. The van der Waals surface area contributed by atoms with Crippen LogP contribution in [-0.4, -0.2) is 17.7 Å². The third-order valence-electron chi connectivity index (χ3n) is 4.79. The Morgan fingerprint density at radius 1 is 0.923 bits per heavy atom. The number of amides is 3. The van der Waals surface area contributed by atoms with Crippen LogP contribution in [0.15, 0.2) is 42.5 Å². The van der Waals surface area contributed by atoms with Crippen molar-refractivity contribution in [2.24, 2.45) is 5.92 Å². The number of hydrogen-bond donors (Lipinski definition) is 2. The minimum Gasteiger partial charge on any atom is -0.457 e. The topological polar surface area (TPSA) is 84.5 Å². The predicted molar refractivity (Wildman–Crippen MR) is 95.3 cm³/mol. The highest BCUT2D eigenvalue weighted by Gasteiger charge is 2.27. The predicted octanol–water partition coefficient (Wildman–Crippen LogP) is 3.49. The molecule has 2 aromatic carbocycles. The van der Waals surface area contributed by atoms with Gasteiger partial charge in [0.15, 0.2) is 0 Å². The number of carbonyl (C=O) groups is 3. The Labute approximate surface area is 150 Å². The zero-order chi connectivity index (χ0) is 18.1. The second-order valence-corrected chi connectivity index (χ2v) is 6.59. The van der Waals surface area contributed by atoms with Crippen molar-refractivity contribution in [3.8, 4) is 11.5 Å². The number of fused-ring (bicyclic) bond motifs is 1. The van der Waals surface area contributed by atoms with Gasteiger partial charge in [0.1, 0.15) is 11.5 Å². The highest BCUT2D eigenvalue weighted by Crippen LogP contribution is 2.28. The highest BCUT2D eigenvalue weighted by atomic mass is 16.5. The summed E-state index contributed by atoms with van der Waals surface area (Å²) in [6.07, 6.45) is 4.16. The van der Waals surface area contributed by atoms with E-state index < -0.39 is 5.91 Å². The molecule has 0 radical (unpaired) electrons. The van der Waals surface area contributed by atoms with Crippen LogP contribution in [0.3, 0.4) is 0 Å². The fourth-order valence-corrected chi connectivity index (χ4v) is 3.39. The molecule has 1 heterocycles. The molecule has 2 aliphatic rings. The van der Waals surface area contributed by atoms with Crippen molar-refractivity contribution in [2.75, 3.05) is 5.32 Å². The summed E-state index contributed by atoms with van der Waals surface area (Å²) in [5, 5.41) is 5.18. The third-order valence-corrected chi connectivity index (χ3v) is 4.79. The molecule has 2 aromatic rings. The number of imide groups is 1. The summed E-state index contributed by atoms with van der Waals surface area (Å²) in [7, 11) is 0. The summed E-state index contributed by atoms with van der Waals surface area (Å²) in [5.41, 5.74) is 1.40. The fourth-order valence-electron chi connectivity index (χ4n) is 3.39. The van der Waals surface area contributed by atoms with Crippen LogP contribution in [0.2, 0.25) is 0 Å². The molecule has 1 aliphatic carbocycles. The number of nitrogens with one attached hydrogen (secondary N) is 2. The molecule has 0 bridgehead atoms. The SMILES string of the molecule is O=C1NC(=O)c2cc(Oc3ccc(NC(=O)C4CCCC4)cc3)ccc21. The van der Waals surface area contributed by atoms with Gasteiger partial charge in [-0.15, -0.1) is 0 Å². The molecular weight excluding hydrogens is 332 g/mol. The summed E-state index contributed by atoms with van der Waals surface area (Å²) >= 11 is 0. The van der Waals surface area contributed by atoms with Gasteiger partial charge in [0.2, 0.25) is 5.91 Å². The van der Waals surface area contributed by atoms with Crippen LogP contribution < -0.4 is 15.4 Å². The molecule has 4 rings (SSSR count). The zero-order valence-corrected chi connectivity index (χ0v) is 14.1. The smallest absolute Gasteiger partial charge is 0.259 e. The third kappa shape index (κ3) is 3.18. The van der Waals surface area contributed by atoms with E-state index in [2.05, 4.69) is 10.6 Å². The quantitative estimate of drug-likeness (QED) is 0.827. The Kier molecular flexibility index (Phi) is 4.16. The van der Waals surface area contributed by atoms with Crippen molar-refractivity contribution >= 4 is 23.4 Å². The molecule has 1 fully saturated rings. The van der Waals surface area contributed by atoms with E-state index >= 15 is 0 Å². The van der Waals surface area contributed by atoms with Gasteiger partial charge in [-0.2, -0.15) is 0 Å². The van der Waals surface area contributed by atoms with Gasteiger partial charge in [-0.3, -0.25) is 19.7 Å². The summed E-state index contributed by atoms with van der Waals surface area (Å²) in [4.78, 5) is 35.4. The molecule has 6 heteroatoms. The van der Waals surface area contributed by atoms with Crippen LogP contribution in [-0.2, 0) is 4.79 Å². The van der Waals surface area contributed by atoms with Crippen molar-refractivity contribution in [3.05, 3.63) is 53.6 Å². The van der Waals surface area contributed by atoms with Gasteiger partial charge >= 0.3 is 0 Å². The van der Waals surface area contributed by atoms with Crippen molar-refractivity contribution in [1.29, 1.82) is 0 Å². The van der Waals surface area contributed by atoms with E-state index in [0.29, 0.717) is 22.6 Å². The second kappa shape index (κ2) is 6.63. The normalized spacial score (nSPS) is 16.3. The first-order chi connectivity index (χ1) is 12.6. The van der Waals surface area contributed by atoms with E-state index in [-0.39, 0.29) is 17.7 Å². The maximum atomic E-state index is 12.1. The summed E-state index contributed by atoms with van der Waals surface area (Å²) in [5.74, 6) is 0.431. The maximum Gasteiger partial charge on any atom is 0.259 e. The molecular formula is C20H18N2O4. The average Bonchev–Trinajstić information content (AvgIpc) is 3.26. The van der Waals surface area contributed by atoms with Gasteiger partial charge in [-0.1, -0.05) is 12.8 Å². The molecule has 2 N–H and O–H groups in total. The Balaban J connectivity index is 1.43. The molecule has 0 unspecified atom stereocenters. The van der Waals surface area contributed by atoms with E-state index in [9.17, 15) is 14.4 Å². The summed E-state index contributed by atoms with van der Waals surface area (Å²) in [6.45, 7) is 0. The second-order valence-electron chi connectivity index (χ2n) is 6.59. The molecule has 6 nitrogen and oxygen atoms in total. The number of hydrogen-bond acceptors (Lipinski definition) is 4. The van der Waals surface area contributed by atoms with Gasteiger partial charge in [-0.05, 0) is 55.3 Å². The zero-order valence-electron chi connectivity index (χ0n) is 14.1. The van der Waals surface area contributed by atoms with Crippen molar-refractivity contribution in [1.82, 2.24) is 5.32 Å². The highest BCUT2D eigenvalue weighted by molar-refractivity contribution is 6.21. The van der Waals surface area contributed by atoms with Crippen LogP contribution >= 0.6 is 0 Å². The van der Waals surface area contributed by atoms with Gasteiger partial charge in [0, 0.05) is 11.6 Å². The molecule has 1 saturated carbocycles. The summed E-state index contributed by atoms with van der Waals surface area (Å²) in [6, 6.07) is 11.8. The van der Waals surface area contributed by atoms with Gasteiger partial charge in [0.25, 0.3) is 11.8 Å². The van der Waals surface area contributed by atoms with E-state index in [1.165, 1.54) is 0 Å². The largest absolute Gasteiger partial charge is 0.457 e. The number of rotatable bonds is 4. The lowest BCUT2D eigenvalue weighted by molar-refractivity contribution is -0.119. The van der Waals surface area contributed by atoms with E-state index in [4.69, 9.17) is 4.74 Å². The van der Waals surface area contributed by atoms with E-state index in [1.807, 2.05) is 0 Å². The lowest BCUT2D eigenvalue weighted by Gasteiger charge is -2.11. The molecule has 0 aromatic heterocycles. The monoisotopic (exact) mass is 350 g/mol. The Morgan fingerprint density at radius 3 is 2.31 bits per heavy atom. The lowest BCUT2D eigenvalue weighted by Crippen LogP contribution is -2.20. The number of carbonyl (C=O) groups excluding carboxylic acids is 3. The lowest BCUT2D eigenvalue weighted by atomic mass is 10.1. The standard InChI is InChI=1S/C20H18N2O4/c23-18(12-3-1-2-4-12)21-13-5-7-14(8-6-13)26-15-9-10-16-17(11-15)20(25)22-19(16)24/h5-12H,1-4H2,(H,21,23)(H,22,24,25). The Morgan fingerprint density at radius 2 is 1.58 bits per heavy atom. The molecule has 132 valence electrons. The van der Waals surface area contributed by atoms with E-state index in [0.717, 1.165) is 31.4 Å². The van der Waals surface area contributed by atoms with Crippen LogP contribution in [0.25, 0.3) is 0 Å². The van der Waals surface area contributed by atoms with Crippen LogP contribution in [0.4, 0.5) is 5.69 Å². The number of anilines is 1. The average molecular weight is 350 g/mol. The van der Waals surface area contributed by atoms with Crippen molar-refractivity contribution < 1.29 is 19.1 Å². The Hall–Kier alpha value is -3.15. The summed E-state index contributed by atoms with van der Waals surface area (Å²) < 4.78 is 5.74. The molecule has 1 aliphatic heterocycles. The molecule has 0 spiro atoms. The molecule has 0 atom stereocenters. The van der Waals surface area contributed by atoms with Crippen LogP contribution in [0.5, 0.6) is 11.5 Å². The van der Waals surface area contributed by atoms with E-state index in [1.54, 1.807) is 42.5 Å². The Bertz CT molecular complexity index is 883. The van der Waals surface area contributed by atoms with Gasteiger partial charge in [-0.25, -0.2) is 0 Å². The first-order valence-corrected chi connectivity index (χ1v) is 8.69. The maximum absolute atomic E-state index is 12.1. The van der Waals surface area contributed by atoms with Crippen molar-refractivity contribution in [2.45, 2.75) is 25.7 Å². The molecule has 3 amide bonds. The van der Waals surface area contributed by atoms with Crippen molar-refractivity contribution in [3.63, 3.8) is 0 Å².